The molecule has 0 saturated heterocycles. The number of anilines is 1. The molecule has 3 aromatic heterocycles. The highest BCUT2D eigenvalue weighted by atomic mass is 32.1. The van der Waals surface area contributed by atoms with Crippen LogP contribution in [0.4, 0.5) is 5.69 Å². The summed E-state index contributed by atoms with van der Waals surface area (Å²) in [4.78, 5) is 5.08. The summed E-state index contributed by atoms with van der Waals surface area (Å²) >= 11 is 5.01. The van der Waals surface area contributed by atoms with Gasteiger partial charge in [0.25, 0.3) is 0 Å². The lowest BCUT2D eigenvalue weighted by molar-refractivity contribution is 0.444. The number of hydrogen-bond acceptors (Lipinski definition) is 7. The number of phenols is 1. The van der Waals surface area contributed by atoms with Gasteiger partial charge in [0, 0.05) is 54.6 Å². The fourth-order valence-electron chi connectivity index (χ4n) is 8.96. The second-order valence-electron chi connectivity index (χ2n) is 17.3. The van der Waals surface area contributed by atoms with Crippen LogP contribution < -0.4 is 4.90 Å². The molecule has 7 rings (SSSR count). The summed E-state index contributed by atoms with van der Waals surface area (Å²) in [7, 11) is 0. The highest BCUT2D eigenvalue weighted by molar-refractivity contribution is 7.31. The molecule has 0 radical (unpaired) electrons. The molecule has 0 saturated carbocycles. The molecule has 0 fully saturated rings. The quantitative estimate of drug-likeness (QED) is 0.0696. The average Bonchev–Trinajstić information content (AvgIpc) is 4.03. The molecule has 0 spiro atoms. The number of nitrogens with zero attached hydrogens (tertiary/aromatic N) is 3. The molecule has 3 heterocycles. The number of fused-ring (bicyclic) bond motifs is 2. The number of benzene rings is 4. The molecule has 322 valence electrons. The van der Waals surface area contributed by atoms with E-state index in [0.29, 0.717) is 0 Å². The zero-order chi connectivity index (χ0) is 42.7. The largest absolute Gasteiger partial charge is 0.507 e. The smallest absolute Gasteiger partial charge is 0.124 e. The number of unbranched alkanes of at least 4 members (excludes halogenated alkanes) is 4. The molecule has 0 bridgehead atoms. The summed E-state index contributed by atoms with van der Waals surface area (Å²) in [5, 5.41) is 11.5. The van der Waals surface area contributed by atoms with E-state index in [2.05, 4.69) is 119 Å². The van der Waals surface area contributed by atoms with Gasteiger partial charge in [0.1, 0.15) is 16.8 Å². The molecule has 2 unspecified atom stereocenters. The van der Waals surface area contributed by atoms with Crippen LogP contribution in [0.1, 0.15) is 130 Å². The first-order chi connectivity index (χ1) is 29.9. The second-order valence-corrected chi connectivity index (χ2v) is 20.0. The van der Waals surface area contributed by atoms with Gasteiger partial charge in [0.05, 0.1) is 11.7 Å². The van der Waals surface area contributed by atoms with Crippen molar-refractivity contribution in [2.45, 2.75) is 131 Å². The van der Waals surface area contributed by atoms with Crippen molar-refractivity contribution in [3.8, 4) is 48.9 Å². The van der Waals surface area contributed by atoms with E-state index in [1.54, 1.807) is 0 Å². The van der Waals surface area contributed by atoms with E-state index in [9.17, 15) is 5.11 Å². The van der Waals surface area contributed by atoms with Gasteiger partial charge in [0.15, 0.2) is 0 Å². The number of aromatic nitrogens is 2. The first-order valence-electron chi connectivity index (χ1n) is 23.5. The highest BCUT2D eigenvalue weighted by Crippen LogP contribution is 2.46. The molecule has 4 aromatic carbocycles. The Morgan fingerprint density at radius 3 is 1.62 bits per heavy atom. The standard InChI is InChI=1S/C54H67N3OS3/c1-7-13-17-37(11-5)29-39-31-40(30-38(12-6)18-14-8-2)33-43(32-39)49-35-51-52(59-49)36-50(60-51)47-26-25-46(53-54(47)56-61-55-53)45-24-21-42(34-48(45)58)41-19-22-44(23-20-41)57(27-15-9-3)28-16-10-4/h19-26,31-38,58H,7-18,27-30H2,1-6H3. The van der Waals surface area contributed by atoms with E-state index in [1.807, 2.05) is 34.8 Å². The van der Waals surface area contributed by atoms with Gasteiger partial charge in [-0.3, -0.25) is 0 Å². The number of aromatic hydroxyl groups is 1. The highest BCUT2D eigenvalue weighted by Gasteiger charge is 2.20. The van der Waals surface area contributed by atoms with Crippen LogP contribution in [0.2, 0.25) is 0 Å². The van der Waals surface area contributed by atoms with Crippen LogP contribution in [0.15, 0.2) is 84.9 Å². The zero-order valence-corrected chi connectivity index (χ0v) is 40.0. The second kappa shape index (κ2) is 21.8. The van der Waals surface area contributed by atoms with Crippen LogP contribution >= 0.6 is 34.4 Å². The lowest BCUT2D eigenvalue weighted by atomic mass is 9.87. The number of thiophene rings is 2. The van der Waals surface area contributed by atoms with Crippen molar-refractivity contribution >= 4 is 60.5 Å². The van der Waals surface area contributed by atoms with Gasteiger partial charge in [-0.1, -0.05) is 154 Å². The van der Waals surface area contributed by atoms with E-state index in [-0.39, 0.29) is 5.75 Å². The summed E-state index contributed by atoms with van der Waals surface area (Å²) in [6, 6.07) is 31.5. The lowest BCUT2D eigenvalue weighted by Gasteiger charge is -2.25. The Kier molecular flexibility index (Phi) is 16.1. The van der Waals surface area contributed by atoms with Crippen LogP contribution in [0.25, 0.3) is 63.6 Å². The van der Waals surface area contributed by atoms with Gasteiger partial charge in [0.2, 0.25) is 0 Å². The maximum absolute atomic E-state index is 11.5. The molecular formula is C54H67N3OS3. The van der Waals surface area contributed by atoms with Crippen molar-refractivity contribution in [1.82, 2.24) is 8.75 Å². The molecule has 0 aliphatic rings. The molecule has 4 nitrogen and oxygen atoms in total. The molecule has 7 aromatic rings. The third-order valence-electron chi connectivity index (χ3n) is 12.8. The van der Waals surface area contributed by atoms with E-state index in [1.165, 1.54) is 143 Å². The Labute approximate surface area is 378 Å². The minimum atomic E-state index is 0.255. The Balaban J connectivity index is 1.13. The normalized spacial score (nSPS) is 12.8. The summed E-state index contributed by atoms with van der Waals surface area (Å²) < 4.78 is 12.3. The first-order valence-corrected chi connectivity index (χ1v) is 25.8. The van der Waals surface area contributed by atoms with Crippen LogP contribution in [0.3, 0.4) is 0 Å². The van der Waals surface area contributed by atoms with Crippen LogP contribution in [-0.4, -0.2) is 26.9 Å². The maximum atomic E-state index is 11.5. The van der Waals surface area contributed by atoms with Gasteiger partial charge in [-0.05, 0) is 102 Å². The van der Waals surface area contributed by atoms with E-state index < -0.39 is 0 Å². The number of phenolic OH excluding ortho intramolecular Hbond substituents is 1. The molecular weight excluding hydrogens is 803 g/mol. The molecule has 61 heavy (non-hydrogen) atoms. The molecule has 7 heteroatoms. The monoisotopic (exact) mass is 869 g/mol. The van der Waals surface area contributed by atoms with Crippen molar-refractivity contribution in [2.75, 3.05) is 18.0 Å². The summed E-state index contributed by atoms with van der Waals surface area (Å²) in [6.07, 6.45) is 17.4. The summed E-state index contributed by atoms with van der Waals surface area (Å²) in [5.74, 6) is 1.75. The Morgan fingerprint density at radius 1 is 0.525 bits per heavy atom. The van der Waals surface area contributed by atoms with Gasteiger partial charge in [-0.2, -0.15) is 8.75 Å². The predicted molar refractivity (Wildman–Crippen MR) is 270 cm³/mol. The van der Waals surface area contributed by atoms with Crippen molar-refractivity contribution < 1.29 is 5.11 Å². The lowest BCUT2D eigenvalue weighted by Crippen LogP contribution is -2.25. The fraction of sp³-hybridized carbons (Fsp3) is 0.444. The van der Waals surface area contributed by atoms with E-state index >= 15 is 0 Å². The third-order valence-corrected chi connectivity index (χ3v) is 15.7. The maximum Gasteiger partial charge on any atom is 0.124 e. The van der Waals surface area contributed by atoms with Crippen molar-refractivity contribution in [3.63, 3.8) is 0 Å². The van der Waals surface area contributed by atoms with Crippen molar-refractivity contribution in [1.29, 1.82) is 0 Å². The molecule has 2 atom stereocenters. The van der Waals surface area contributed by atoms with Crippen LogP contribution in [0, 0.1) is 11.8 Å². The Bertz CT molecular complexity index is 2380. The molecule has 0 amide bonds. The van der Waals surface area contributed by atoms with Crippen LogP contribution in [-0.2, 0) is 12.8 Å². The molecule has 0 aliphatic heterocycles. The molecule has 1 N–H and O–H groups in total. The average molecular weight is 870 g/mol. The molecule has 0 aliphatic carbocycles. The van der Waals surface area contributed by atoms with E-state index in [4.69, 9.17) is 8.75 Å². The Morgan fingerprint density at radius 2 is 1.05 bits per heavy atom. The van der Waals surface area contributed by atoms with Crippen LogP contribution in [0.5, 0.6) is 5.75 Å². The fourth-order valence-corrected chi connectivity index (χ4v) is 11.9. The topological polar surface area (TPSA) is 49.2 Å². The minimum Gasteiger partial charge on any atom is -0.507 e. The SMILES string of the molecule is CCCCC(CC)Cc1cc(CC(CC)CCCC)cc(-c2cc3sc(-c4ccc(-c5ccc(-c6ccc(N(CCCC)CCCC)cc6)cc5O)c5nsnc45)cc3s2)c1. The van der Waals surface area contributed by atoms with Gasteiger partial charge in [-0.15, -0.1) is 22.7 Å². The zero-order valence-electron chi connectivity index (χ0n) is 37.6. The minimum absolute atomic E-state index is 0.255. The summed E-state index contributed by atoms with van der Waals surface area (Å²) in [5.41, 5.74) is 12.3. The number of rotatable bonds is 23. The predicted octanol–water partition coefficient (Wildman–Crippen LogP) is 17.3. The summed E-state index contributed by atoms with van der Waals surface area (Å²) in [6.45, 7) is 16.0. The first kappa shape index (κ1) is 45.0. The Hall–Kier alpha value is -4.04. The van der Waals surface area contributed by atoms with Gasteiger partial charge in [-0.25, -0.2) is 0 Å². The van der Waals surface area contributed by atoms with E-state index in [0.717, 1.165) is 63.8 Å². The van der Waals surface area contributed by atoms with Crippen molar-refractivity contribution in [2.24, 2.45) is 11.8 Å². The number of hydrogen-bond donors (Lipinski definition) is 1. The third kappa shape index (κ3) is 11.0. The van der Waals surface area contributed by atoms with Gasteiger partial charge >= 0.3 is 0 Å². The van der Waals surface area contributed by atoms with Crippen molar-refractivity contribution in [3.05, 3.63) is 96.1 Å². The van der Waals surface area contributed by atoms with Gasteiger partial charge < -0.3 is 10.0 Å².